The molecule has 1 aliphatic heterocycles. The number of nitrogens with zero attached hydrogens (tertiary/aromatic N) is 1. The molecule has 1 aliphatic rings. The fourth-order valence-electron chi connectivity index (χ4n) is 2.92. The Kier molecular flexibility index (Phi) is 4.68. The summed E-state index contributed by atoms with van der Waals surface area (Å²) in [6.45, 7) is 4.26. The molecule has 0 radical (unpaired) electrons. The Hall–Kier alpha value is -2.53. The first-order valence-corrected chi connectivity index (χ1v) is 8.44. The normalized spacial score (nSPS) is 19.9. The molecule has 2 aromatic rings. The molecule has 3 amide bonds. The summed E-state index contributed by atoms with van der Waals surface area (Å²) in [4.78, 5) is 26.6. The number of ether oxygens (including phenoxy) is 1. The molecule has 0 aromatic heterocycles. The second-order valence-electron chi connectivity index (χ2n) is 5.99. The number of halogens is 1. The number of carbonyl (C=O) groups excluding carboxylic acids is 2. The van der Waals surface area contributed by atoms with E-state index in [1.807, 2.05) is 31.2 Å². The highest BCUT2D eigenvalue weighted by Crippen LogP contribution is 2.31. The number of benzene rings is 2. The highest BCUT2D eigenvalue weighted by atomic mass is 35.5. The lowest BCUT2D eigenvalue weighted by molar-refractivity contribution is -0.131. The van der Waals surface area contributed by atoms with Gasteiger partial charge in [0.15, 0.2) is 0 Å². The molecule has 6 heteroatoms. The molecule has 1 fully saturated rings. The first kappa shape index (κ1) is 17.3. The van der Waals surface area contributed by atoms with Crippen LogP contribution in [-0.4, -0.2) is 23.4 Å². The number of carbonyl (C=O) groups is 2. The van der Waals surface area contributed by atoms with E-state index >= 15 is 0 Å². The summed E-state index contributed by atoms with van der Waals surface area (Å²) in [7, 11) is 0. The minimum Gasteiger partial charge on any atom is -0.494 e. The van der Waals surface area contributed by atoms with Gasteiger partial charge in [0.05, 0.1) is 13.2 Å². The van der Waals surface area contributed by atoms with E-state index in [2.05, 4.69) is 5.32 Å². The Morgan fingerprint density at radius 1 is 1.12 bits per heavy atom. The highest BCUT2D eigenvalue weighted by Gasteiger charge is 2.49. The van der Waals surface area contributed by atoms with Gasteiger partial charge in [-0.15, -0.1) is 0 Å². The van der Waals surface area contributed by atoms with Crippen molar-refractivity contribution < 1.29 is 14.3 Å². The van der Waals surface area contributed by atoms with Crippen LogP contribution in [0.15, 0.2) is 48.5 Å². The summed E-state index contributed by atoms with van der Waals surface area (Å²) in [6, 6.07) is 13.9. The van der Waals surface area contributed by atoms with E-state index in [1.165, 1.54) is 4.90 Å². The van der Waals surface area contributed by atoms with Crippen LogP contribution in [0.25, 0.3) is 0 Å². The van der Waals surface area contributed by atoms with Gasteiger partial charge in [0.2, 0.25) is 0 Å². The van der Waals surface area contributed by atoms with E-state index in [1.54, 1.807) is 31.2 Å². The van der Waals surface area contributed by atoms with E-state index in [9.17, 15) is 9.59 Å². The Morgan fingerprint density at radius 2 is 1.80 bits per heavy atom. The largest absolute Gasteiger partial charge is 0.494 e. The zero-order valence-corrected chi connectivity index (χ0v) is 14.8. The summed E-state index contributed by atoms with van der Waals surface area (Å²) in [5.74, 6) is 0.372. The van der Waals surface area contributed by atoms with E-state index in [4.69, 9.17) is 16.3 Å². The van der Waals surface area contributed by atoms with Gasteiger partial charge in [0.1, 0.15) is 11.3 Å². The second kappa shape index (κ2) is 6.76. The Bertz CT molecular complexity index is 807. The van der Waals surface area contributed by atoms with Crippen molar-refractivity contribution in [2.24, 2.45) is 0 Å². The Morgan fingerprint density at radius 3 is 2.48 bits per heavy atom. The van der Waals surface area contributed by atoms with Crippen molar-refractivity contribution in [2.45, 2.75) is 25.9 Å². The van der Waals surface area contributed by atoms with Gasteiger partial charge >= 0.3 is 6.03 Å². The minimum atomic E-state index is -1.11. The first-order chi connectivity index (χ1) is 12.0. The molecule has 1 atom stereocenters. The number of imide groups is 1. The topological polar surface area (TPSA) is 58.6 Å². The van der Waals surface area contributed by atoms with Gasteiger partial charge in [-0.25, -0.2) is 4.79 Å². The molecular weight excluding hydrogens is 340 g/mol. The molecule has 0 saturated carbocycles. The lowest BCUT2D eigenvalue weighted by Crippen LogP contribution is -2.40. The third-order valence-electron chi connectivity index (χ3n) is 4.30. The minimum absolute atomic E-state index is 0.157. The van der Waals surface area contributed by atoms with Gasteiger partial charge in [-0.3, -0.25) is 9.69 Å². The molecule has 0 spiro atoms. The summed E-state index contributed by atoms with van der Waals surface area (Å²) < 4.78 is 5.58. The van der Waals surface area contributed by atoms with Crippen molar-refractivity contribution in [1.29, 1.82) is 0 Å². The fourth-order valence-corrected chi connectivity index (χ4v) is 3.05. The monoisotopic (exact) mass is 358 g/mol. The van der Waals surface area contributed by atoms with Crippen molar-refractivity contribution in [3.8, 4) is 5.75 Å². The van der Waals surface area contributed by atoms with Crippen molar-refractivity contribution in [2.75, 3.05) is 6.61 Å². The van der Waals surface area contributed by atoms with Crippen LogP contribution in [0.1, 0.15) is 25.0 Å². The van der Waals surface area contributed by atoms with Crippen LogP contribution in [0.3, 0.4) is 0 Å². The lowest BCUT2D eigenvalue weighted by atomic mass is 9.92. The van der Waals surface area contributed by atoms with Crippen molar-refractivity contribution in [3.05, 3.63) is 64.7 Å². The maximum Gasteiger partial charge on any atom is 0.325 e. The molecule has 0 aliphatic carbocycles. The third-order valence-corrected chi connectivity index (χ3v) is 4.55. The highest BCUT2D eigenvalue weighted by molar-refractivity contribution is 6.30. The lowest BCUT2D eigenvalue weighted by Gasteiger charge is -2.22. The van der Waals surface area contributed by atoms with Crippen LogP contribution in [0.4, 0.5) is 4.79 Å². The average molecular weight is 359 g/mol. The van der Waals surface area contributed by atoms with Gasteiger partial charge in [0.25, 0.3) is 5.91 Å². The summed E-state index contributed by atoms with van der Waals surface area (Å²) in [5, 5.41) is 3.37. The zero-order valence-electron chi connectivity index (χ0n) is 14.1. The molecule has 130 valence electrons. The van der Waals surface area contributed by atoms with E-state index in [-0.39, 0.29) is 12.5 Å². The van der Waals surface area contributed by atoms with Crippen LogP contribution in [-0.2, 0) is 16.9 Å². The standard InChI is InChI=1S/C19H19ClN2O3/c1-3-25-16-7-5-4-6-13(16)12-22-17(23)19(2,21-18(22)24)14-8-10-15(20)11-9-14/h4-11H,3,12H2,1-2H3,(H,21,24). The van der Waals surface area contributed by atoms with Crippen molar-refractivity contribution in [1.82, 2.24) is 10.2 Å². The molecular formula is C19H19ClN2O3. The predicted molar refractivity (Wildman–Crippen MR) is 95.5 cm³/mol. The van der Waals surface area contributed by atoms with Crippen LogP contribution in [0.5, 0.6) is 5.75 Å². The van der Waals surface area contributed by atoms with E-state index < -0.39 is 11.6 Å². The van der Waals surface area contributed by atoms with Crippen LogP contribution in [0.2, 0.25) is 5.02 Å². The molecule has 0 bridgehead atoms. The van der Waals surface area contributed by atoms with Crippen LogP contribution in [0, 0.1) is 0 Å². The maximum atomic E-state index is 13.0. The number of nitrogens with one attached hydrogen (secondary N) is 1. The SMILES string of the molecule is CCOc1ccccc1CN1C(=O)NC(C)(c2ccc(Cl)cc2)C1=O. The molecule has 2 aromatic carbocycles. The van der Waals surface area contributed by atoms with Crippen molar-refractivity contribution >= 4 is 23.5 Å². The summed E-state index contributed by atoms with van der Waals surface area (Å²) in [6.07, 6.45) is 0. The molecule has 1 heterocycles. The summed E-state index contributed by atoms with van der Waals surface area (Å²) >= 11 is 5.92. The van der Waals surface area contributed by atoms with Gasteiger partial charge < -0.3 is 10.1 Å². The smallest absolute Gasteiger partial charge is 0.325 e. The Balaban J connectivity index is 1.88. The van der Waals surface area contributed by atoms with Crippen molar-refractivity contribution in [3.63, 3.8) is 0 Å². The van der Waals surface area contributed by atoms with Gasteiger partial charge in [-0.2, -0.15) is 0 Å². The predicted octanol–water partition coefficient (Wildman–Crippen LogP) is 3.71. The number of urea groups is 1. The molecule has 1 unspecified atom stereocenters. The van der Waals surface area contributed by atoms with Gasteiger partial charge in [-0.1, -0.05) is 41.9 Å². The first-order valence-electron chi connectivity index (χ1n) is 8.06. The fraction of sp³-hybridized carbons (Fsp3) is 0.263. The molecule has 3 rings (SSSR count). The van der Waals surface area contributed by atoms with Gasteiger partial charge in [0, 0.05) is 10.6 Å². The second-order valence-corrected chi connectivity index (χ2v) is 6.43. The number of para-hydroxylation sites is 1. The van der Waals surface area contributed by atoms with Gasteiger partial charge in [-0.05, 0) is 37.6 Å². The number of amides is 3. The number of hydrogen-bond acceptors (Lipinski definition) is 3. The molecule has 1 N–H and O–H groups in total. The Labute approximate surface area is 151 Å². The zero-order chi connectivity index (χ0) is 18.0. The van der Waals surface area contributed by atoms with Crippen LogP contribution >= 0.6 is 11.6 Å². The van der Waals surface area contributed by atoms with E-state index in [0.29, 0.717) is 22.9 Å². The number of rotatable bonds is 5. The molecule has 5 nitrogen and oxygen atoms in total. The van der Waals surface area contributed by atoms with Crippen LogP contribution < -0.4 is 10.1 Å². The number of hydrogen-bond donors (Lipinski definition) is 1. The molecule has 25 heavy (non-hydrogen) atoms. The molecule has 1 saturated heterocycles. The quantitative estimate of drug-likeness (QED) is 0.829. The van der Waals surface area contributed by atoms with E-state index in [0.717, 1.165) is 5.56 Å². The third kappa shape index (κ3) is 3.20. The maximum absolute atomic E-state index is 13.0. The summed E-state index contributed by atoms with van der Waals surface area (Å²) in [5.41, 5.74) is 0.367. The average Bonchev–Trinajstić information content (AvgIpc) is 2.81.